The van der Waals surface area contributed by atoms with Gasteiger partial charge >= 0.3 is 0 Å². The number of benzene rings is 1. The predicted octanol–water partition coefficient (Wildman–Crippen LogP) is 4.29. The quantitative estimate of drug-likeness (QED) is 0.766. The van der Waals surface area contributed by atoms with Gasteiger partial charge in [-0.3, -0.25) is 4.79 Å². The van der Waals surface area contributed by atoms with Crippen molar-refractivity contribution in [1.29, 1.82) is 0 Å². The monoisotopic (exact) mass is 270 g/mol. The van der Waals surface area contributed by atoms with E-state index >= 15 is 0 Å². The van der Waals surface area contributed by atoms with Crippen molar-refractivity contribution in [3.63, 3.8) is 0 Å². The van der Waals surface area contributed by atoms with Crippen molar-refractivity contribution in [3.8, 4) is 5.75 Å². The molecule has 2 nitrogen and oxygen atoms in total. The summed E-state index contributed by atoms with van der Waals surface area (Å²) in [7, 11) is 1.66. The second-order valence-electron chi connectivity index (χ2n) is 6.00. The van der Waals surface area contributed by atoms with E-state index in [4.69, 9.17) is 4.74 Å². The number of methoxy groups -OCH3 is 1. The summed E-state index contributed by atoms with van der Waals surface area (Å²) in [6.45, 7) is 2.02. The van der Waals surface area contributed by atoms with Crippen LogP contribution in [0.4, 0.5) is 0 Å². The van der Waals surface area contributed by atoms with Crippen molar-refractivity contribution in [2.75, 3.05) is 7.11 Å². The molecule has 0 aliphatic heterocycles. The largest absolute Gasteiger partial charge is 0.497 e. The highest BCUT2D eigenvalue weighted by molar-refractivity contribution is 6.04. The third-order valence-corrected chi connectivity index (χ3v) is 5.12. The minimum absolute atomic E-state index is 0.0954. The molecule has 0 saturated heterocycles. The Morgan fingerprint density at radius 1 is 1.35 bits per heavy atom. The van der Waals surface area contributed by atoms with Gasteiger partial charge in [0, 0.05) is 16.9 Å². The average molecular weight is 270 g/mol. The lowest BCUT2D eigenvalue weighted by atomic mass is 9.72. The minimum Gasteiger partial charge on any atom is -0.497 e. The first-order valence-electron chi connectivity index (χ1n) is 7.57. The Morgan fingerprint density at radius 2 is 2.10 bits per heavy atom. The van der Waals surface area contributed by atoms with Crippen LogP contribution in [0.2, 0.25) is 0 Å². The fraction of sp³-hybridized carbons (Fsp3) is 0.500. The molecular weight excluding hydrogens is 248 g/mol. The molecule has 106 valence electrons. The molecule has 1 spiro atoms. The van der Waals surface area contributed by atoms with E-state index in [1.165, 1.54) is 18.4 Å². The number of ketones is 1. The fourth-order valence-corrected chi connectivity index (χ4v) is 4.14. The molecule has 0 radical (unpaired) electrons. The number of Topliss-reactive ketones (excluding diaryl/α,β-unsaturated/α-hetero) is 1. The minimum atomic E-state index is 0.0954. The van der Waals surface area contributed by atoms with Gasteiger partial charge in [-0.2, -0.15) is 0 Å². The Labute approximate surface area is 120 Å². The smallest absolute Gasteiger partial charge is 0.167 e. The zero-order chi connectivity index (χ0) is 14.2. The molecule has 20 heavy (non-hydrogen) atoms. The molecule has 2 heteroatoms. The number of rotatable bonds is 3. The third kappa shape index (κ3) is 1.81. The van der Waals surface area contributed by atoms with Gasteiger partial charge in [-0.15, -0.1) is 0 Å². The van der Waals surface area contributed by atoms with E-state index in [9.17, 15) is 4.79 Å². The second-order valence-corrected chi connectivity index (χ2v) is 6.00. The molecule has 0 unspecified atom stereocenters. The molecule has 2 aliphatic carbocycles. The fourth-order valence-electron chi connectivity index (χ4n) is 4.14. The van der Waals surface area contributed by atoms with Crippen molar-refractivity contribution < 1.29 is 9.53 Å². The molecular formula is C18H22O2. The van der Waals surface area contributed by atoms with Crippen LogP contribution in [0.25, 0.3) is 0 Å². The van der Waals surface area contributed by atoms with Crippen LogP contribution in [0.3, 0.4) is 0 Å². The normalized spacial score (nSPS) is 23.7. The van der Waals surface area contributed by atoms with E-state index in [2.05, 4.69) is 18.2 Å². The van der Waals surface area contributed by atoms with E-state index in [-0.39, 0.29) is 11.3 Å². The first kappa shape index (κ1) is 13.4. The van der Waals surface area contributed by atoms with Crippen LogP contribution in [-0.2, 0) is 5.41 Å². The standard InChI is InChI=1S/C18H22O2/c1-3-4-7-16-17(19)14-12-13(20-2)8-9-15(14)18(16)10-5-6-11-18/h3-4,8-9,12,16H,5-7,10-11H2,1-2H3/t16-/m1/s1. The van der Waals surface area contributed by atoms with Crippen LogP contribution in [-0.4, -0.2) is 12.9 Å². The summed E-state index contributed by atoms with van der Waals surface area (Å²) in [5.74, 6) is 1.24. The van der Waals surface area contributed by atoms with Crippen molar-refractivity contribution >= 4 is 5.78 Å². The van der Waals surface area contributed by atoms with Crippen molar-refractivity contribution in [3.05, 3.63) is 41.5 Å². The van der Waals surface area contributed by atoms with Crippen LogP contribution in [0.1, 0.15) is 54.9 Å². The Bertz CT molecular complexity index is 551. The molecule has 1 aromatic rings. The Hall–Kier alpha value is -1.57. The maximum atomic E-state index is 12.8. The van der Waals surface area contributed by atoms with Crippen LogP contribution < -0.4 is 4.74 Å². The zero-order valence-corrected chi connectivity index (χ0v) is 12.3. The number of hydrogen-bond donors (Lipinski definition) is 0. The molecule has 1 fully saturated rings. The zero-order valence-electron chi connectivity index (χ0n) is 12.3. The van der Waals surface area contributed by atoms with Gasteiger partial charge in [-0.1, -0.05) is 31.1 Å². The van der Waals surface area contributed by atoms with Gasteiger partial charge in [0.05, 0.1) is 7.11 Å². The lowest BCUT2D eigenvalue weighted by Crippen LogP contribution is -2.30. The van der Waals surface area contributed by atoms with E-state index in [1.54, 1.807) is 7.11 Å². The van der Waals surface area contributed by atoms with Crippen LogP contribution in [0.15, 0.2) is 30.4 Å². The molecule has 2 aliphatic rings. The van der Waals surface area contributed by atoms with Gasteiger partial charge in [0.25, 0.3) is 0 Å². The first-order valence-corrected chi connectivity index (χ1v) is 7.57. The van der Waals surface area contributed by atoms with Crippen LogP contribution in [0, 0.1) is 5.92 Å². The summed E-state index contributed by atoms with van der Waals surface area (Å²) < 4.78 is 5.29. The molecule has 0 N–H and O–H groups in total. The van der Waals surface area contributed by atoms with E-state index < -0.39 is 0 Å². The summed E-state index contributed by atoms with van der Waals surface area (Å²) in [4.78, 5) is 12.8. The molecule has 0 amide bonds. The summed E-state index contributed by atoms with van der Waals surface area (Å²) in [5.41, 5.74) is 2.27. The van der Waals surface area contributed by atoms with Gasteiger partial charge in [0.15, 0.2) is 5.78 Å². The summed E-state index contributed by atoms with van der Waals surface area (Å²) in [5, 5.41) is 0. The highest BCUT2D eigenvalue weighted by atomic mass is 16.5. The Morgan fingerprint density at radius 3 is 2.75 bits per heavy atom. The molecule has 3 rings (SSSR count). The highest BCUT2D eigenvalue weighted by Gasteiger charge is 2.52. The molecule has 1 saturated carbocycles. The van der Waals surface area contributed by atoms with Crippen molar-refractivity contribution in [2.45, 2.75) is 44.4 Å². The lowest BCUT2D eigenvalue weighted by Gasteiger charge is -2.30. The average Bonchev–Trinajstić information content (AvgIpc) is 3.04. The third-order valence-electron chi connectivity index (χ3n) is 5.12. The second kappa shape index (κ2) is 5.08. The van der Waals surface area contributed by atoms with Gasteiger partial charge in [0.1, 0.15) is 5.75 Å². The molecule has 0 aromatic heterocycles. The van der Waals surface area contributed by atoms with Crippen LogP contribution >= 0.6 is 0 Å². The van der Waals surface area contributed by atoms with Gasteiger partial charge in [-0.25, -0.2) is 0 Å². The van der Waals surface area contributed by atoms with Gasteiger partial charge in [-0.05, 0) is 43.9 Å². The number of hydrogen-bond acceptors (Lipinski definition) is 2. The first-order chi connectivity index (χ1) is 9.73. The molecule has 0 bridgehead atoms. The highest BCUT2D eigenvalue weighted by Crippen LogP contribution is 2.55. The van der Waals surface area contributed by atoms with E-state index in [0.717, 1.165) is 30.6 Å². The number of carbonyl (C=O) groups excluding carboxylic acids is 1. The maximum absolute atomic E-state index is 12.8. The summed E-state index contributed by atoms with van der Waals surface area (Å²) in [6, 6.07) is 6.07. The number of allylic oxidation sites excluding steroid dienone is 2. The van der Waals surface area contributed by atoms with Gasteiger partial charge < -0.3 is 4.74 Å². The topological polar surface area (TPSA) is 26.3 Å². The summed E-state index contributed by atoms with van der Waals surface area (Å²) in [6.07, 6.45) is 9.86. The number of ether oxygens (including phenoxy) is 1. The Balaban J connectivity index is 2.09. The molecule has 0 heterocycles. The van der Waals surface area contributed by atoms with Crippen molar-refractivity contribution in [1.82, 2.24) is 0 Å². The lowest BCUT2D eigenvalue weighted by molar-refractivity contribution is 0.0885. The maximum Gasteiger partial charge on any atom is 0.167 e. The van der Waals surface area contributed by atoms with E-state index in [1.807, 2.05) is 19.1 Å². The SMILES string of the molecule is CC=CC[C@@H]1C(=O)c2cc(OC)ccc2C12CCCC2. The molecule has 1 atom stereocenters. The van der Waals surface area contributed by atoms with Crippen molar-refractivity contribution in [2.24, 2.45) is 5.92 Å². The Kier molecular flexibility index (Phi) is 3.41. The molecule has 1 aromatic carbocycles. The number of fused-ring (bicyclic) bond motifs is 2. The number of carbonyl (C=O) groups is 1. The van der Waals surface area contributed by atoms with Gasteiger partial charge in [0.2, 0.25) is 0 Å². The van der Waals surface area contributed by atoms with E-state index in [0.29, 0.717) is 5.78 Å². The summed E-state index contributed by atoms with van der Waals surface area (Å²) >= 11 is 0. The predicted molar refractivity (Wildman–Crippen MR) is 80.4 cm³/mol. The van der Waals surface area contributed by atoms with Crippen LogP contribution in [0.5, 0.6) is 5.75 Å².